The van der Waals surface area contributed by atoms with Crippen LogP contribution in [0.25, 0.3) is 11.3 Å². The smallest absolute Gasteiger partial charge is 0.272 e. The molecule has 1 aromatic carbocycles. The predicted octanol–water partition coefficient (Wildman–Crippen LogP) is 2.32. The average Bonchev–Trinajstić information content (AvgIpc) is 2.86. The van der Waals surface area contributed by atoms with Crippen LogP contribution in [0.4, 0.5) is 0 Å². The van der Waals surface area contributed by atoms with Gasteiger partial charge < -0.3 is 10.1 Å². The van der Waals surface area contributed by atoms with Gasteiger partial charge in [0.25, 0.3) is 5.91 Å². The Balaban J connectivity index is 2.41. The van der Waals surface area contributed by atoms with Gasteiger partial charge in [0.15, 0.2) is 5.69 Å². The number of benzene rings is 1. The molecular formula is C16H19N3O2. The molecule has 1 heterocycles. The minimum Gasteiger partial charge on any atom is -0.496 e. The molecule has 21 heavy (non-hydrogen) atoms. The highest BCUT2D eigenvalue weighted by Gasteiger charge is 2.16. The quantitative estimate of drug-likeness (QED) is 0.858. The highest BCUT2D eigenvalue weighted by atomic mass is 16.5. The molecule has 2 rings (SSSR count). The van der Waals surface area contributed by atoms with Crippen LogP contribution in [-0.4, -0.2) is 29.3 Å². The lowest BCUT2D eigenvalue weighted by molar-refractivity contribution is 0.0952. The van der Waals surface area contributed by atoms with Crippen molar-refractivity contribution in [2.24, 2.45) is 7.05 Å². The van der Waals surface area contributed by atoms with Gasteiger partial charge in [-0.2, -0.15) is 5.10 Å². The summed E-state index contributed by atoms with van der Waals surface area (Å²) in [5, 5.41) is 6.98. The van der Waals surface area contributed by atoms with Crippen LogP contribution in [0.5, 0.6) is 5.75 Å². The first-order valence-electron chi connectivity index (χ1n) is 6.65. The van der Waals surface area contributed by atoms with Crippen molar-refractivity contribution >= 4 is 5.91 Å². The van der Waals surface area contributed by atoms with E-state index in [1.807, 2.05) is 25.1 Å². The van der Waals surface area contributed by atoms with E-state index < -0.39 is 0 Å². The first-order chi connectivity index (χ1) is 10.1. The maximum absolute atomic E-state index is 12.0. The van der Waals surface area contributed by atoms with Crippen molar-refractivity contribution in [3.05, 3.63) is 48.2 Å². The number of methoxy groups -OCH3 is 1. The summed E-state index contributed by atoms with van der Waals surface area (Å²) in [5.74, 6) is 0.532. The zero-order valence-corrected chi connectivity index (χ0v) is 12.5. The summed E-state index contributed by atoms with van der Waals surface area (Å²) >= 11 is 0. The zero-order valence-electron chi connectivity index (χ0n) is 12.5. The van der Waals surface area contributed by atoms with Crippen LogP contribution in [-0.2, 0) is 7.05 Å². The molecule has 5 heteroatoms. The Morgan fingerprint density at radius 3 is 2.90 bits per heavy atom. The fourth-order valence-electron chi connectivity index (χ4n) is 2.11. The van der Waals surface area contributed by atoms with Crippen molar-refractivity contribution in [3.8, 4) is 17.0 Å². The van der Waals surface area contributed by atoms with Crippen LogP contribution >= 0.6 is 0 Å². The third kappa shape index (κ3) is 3.13. The Morgan fingerprint density at radius 2 is 2.24 bits per heavy atom. The summed E-state index contributed by atoms with van der Waals surface area (Å²) in [6.07, 6.45) is 1.63. The minimum absolute atomic E-state index is 0.219. The summed E-state index contributed by atoms with van der Waals surface area (Å²) in [6.45, 7) is 6.00. The second-order valence-electron chi connectivity index (χ2n) is 4.74. The lowest BCUT2D eigenvalue weighted by Gasteiger charge is -2.09. The Morgan fingerprint density at radius 1 is 1.48 bits per heavy atom. The van der Waals surface area contributed by atoms with E-state index in [0.717, 1.165) is 22.6 Å². The fourth-order valence-corrected chi connectivity index (χ4v) is 2.11. The van der Waals surface area contributed by atoms with Crippen LogP contribution in [0.15, 0.2) is 36.9 Å². The SMILES string of the molecule is C=CCNC(=O)c1cc(-c2cc(C)ccc2OC)n(C)n1. The Bertz CT molecular complexity index is 674. The number of carbonyl (C=O) groups excluding carboxylic acids is 1. The van der Waals surface area contributed by atoms with E-state index in [4.69, 9.17) is 4.74 Å². The average molecular weight is 285 g/mol. The van der Waals surface area contributed by atoms with Gasteiger partial charge in [-0.15, -0.1) is 6.58 Å². The number of rotatable bonds is 5. The molecule has 0 aliphatic heterocycles. The number of hydrogen-bond donors (Lipinski definition) is 1. The largest absolute Gasteiger partial charge is 0.496 e. The molecule has 0 unspecified atom stereocenters. The minimum atomic E-state index is -0.219. The normalized spacial score (nSPS) is 10.2. The van der Waals surface area contributed by atoms with Crippen LogP contribution in [0.3, 0.4) is 0 Å². The molecule has 0 saturated carbocycles. The molecular weight excluding hydrogens is 266 g/mol. The molecule has 0 atom stereocenters. The third-order valence-electron chi connectivity index (χ3n) is 3.15. The number of nitrogens with one attached hydrogen (secondary N) is 1. The summed E-state index contributed by atoms with van der Waals surface area (Å²) in [7, 11) is 3.43. The first kappa shape index (κ1) is 14.8. The second-order valence-corrected chi connectivity index (χ2v) is 4.74. The van der Waals surface area contributed by atoms with Crippen molar-refractivity contribution in [3.63, 3.8) is 0 Å². The van der Waals surface area contributed by atoms with Gasteiger partial charge in [0, 0.05) is 19.2 Å². The summed E-state index contributed by atoms with van der Waals surface area (Å²) in [4.78, 5) is 12.0. The topological polar surface area (TPSA) is 56.1 Å². The van der Waals surface area contributed by atoms with Crippen molar-refractivity contribution in [1.82, 2.24) is 15.1 Å². The molecule has 5 nitrogen and oxygen atoms in total. The highest BCUT2D eigenvalue weighted by molar-refractivity contribution is 5.93. The molecule has 0 saturated heterocycles. The van der Waals surface area contributed by atoms with E-state index in [-0.39, 0.29) is 5.91 Å². The molecule has 0 radical (unpaired) electrons. The molecule has 0 bridgehead atoms. The number of carbonyl (C=O) groups is 1. The molecule has 0 fully saturated rings. The van der Waals surface area contributed by atoms with Crippen LogP contribution in [0.1, 0.15) is 16.1 Å². The van der Waals surface area contributed by atoms with Crippen molar-refractivity contribution in [2.45, 2.75) is 6.92 Å². The fraction of sp³-hybridized carbons (Fsp3) is 0.250. The third-order valence-corrected chi connectivity index (χ3v) is 3.15. The number of hydrogen-bond acceptors (Lipinski definition) is 3. The van der Waals surface area contributed by atoms with E-state index in [1.54, 1.807) is 31.0 Å². The zero-order chi connectivity index (χ0) is 15.4. The molecule has 0 aliphatic carbocycles. The molecule has 110 valence electrons. The standard InChI is InChI=1S/C16H19N3O2/c1-5-8-17-16(20)13-10-14(19(3)18-13)12-9-11(2)6-7-15(12)21-4/h5-7,9-10H,1,8H2,2-4H3,(H,17,20). The summed E-state index contributed by atoms with van der Waals surface area (Å²) in [5.41, 5.74) is 3.23. The summed E-state index contributed by atoms with van der Waals surface area (Å²) < 4.78 is 7.07. The number of amides is 1. The van der Waals surface area contributed by atoms with Gasteiger partial charge in [-0.3, -0.25) is 9.48 Å². The van der Waals surface area contributed by atoms with Crippen LogP contribution < -0.4 is 10.1 Å². The number of ether oxygens (including phenoxy) is 1. The lowest BCUT2D eigenvalue weighted by Crippen LogP contribution is -2.23. The van der Waals surface area contributed by atoms with Gasteiger partial charge >= 0.3 is 0 Å². The number of aromatic nitrogens is 2. The first-order valence-corrected chi connectivity index (χ1v) is 6.65. The van der Waals surface area contributed by atoms with Gasteiger partial charge in [-0.05, 0) is 25.1 Å². The van der Waals surface area contributed by atoms with Gasteiger partial charge in [0.2, 0.25) is 0 Å². The lowest BCUT2D eigenvalue weighted by atomic mass is 10.1. The molecule has 1 amide bonds. The van der Waals surface area contributed by atoms with Crippen molar-refractivity contribution < 1.29 is 9.53 Å². The maximum atomic E-state index is 12.0. The number of aryl methyl sites for hydroxylation is 2. The molecule has 2 aromatic rings. The van der Waals surface area contributed by atoms with Gasteiger partial charge in [0.05, 0.1) is 12.8 Å². The van der Waals surface area contributed by atoms with E-state index >= 15 is 0 Å². The molecule has 0 spiro atoms. The molecule has 1 aromatic heterocycles. The van der Waals surface area contributed by atoms with Gasteiger partial charge in [0.1, 0.15) is 5.75 Å². The van der Waals surface area contributed by atoms with Crippen LogP contribution in [0.2, 0.25) is 0 Å². The maximum Gasteiger partial charge on any atom is 0.272 e. The summed E-state index contributed by atoms with van der Waals surface area (Å²) in [6, 6.07) is 7.67. The predicted molar refractivity (Wildman–Crippen MR) is 82.5 cm³/mol. The molecule has 1 N–H and O–H groups in total. The monoisotopic (exact) mass is 285 g/mol. The Labute approximate surface area is 124 Å². The highest BCUT2D eigenvalue weighted by Crippen LogP contribution is 2.30. The second kappa shape index (κ2) is 6.26. The Kier molecular flexibility index (Phi) is 4.42. The van der Waals surface area contributed by atoms with Crippen LogP contribution in [0, 0.1) is 6.92 Å². The Hall–Kier alpha value is -2.56. The van der Waals surface area contributed by atoms with E-state index in [0.29, 0.717) is 12.2 Å². The van der Waals surface area contributed by atoms with Gasteiger partial charge in [-0.25, -0.2) is 0 Å². The van der Waals surface area contributed by atoms with Gasteiger partial charge in [-0.1, -0.05) is 17.7 Å². The van der Waals surface area contributed by atoms with Crippen molar-refractivity contribution in [1.29, 1.82) is 0 Å². The van der Waals surface area contributed by atoms with E-state index in [9.17, 15) is 4.79 Å². The van der Waals surface area contributed by atoms with Crippen molar-refractivity contribution in [2.75, 3.05) is 13.7 Å². The van der Waals surface area contributed by atoms with E-state index in [2.05, 4.69) is 17.0 Å². The molecule has 0 aliphatic rings. The number of nitrogens with zero attached hydrogens (tertiary/aromatic N) is 2. The van der Waals surface area contributed by atoms with E-state index in [1.165, 1.54) is 0 Å².